The number of halogens is 4. The number of alkyl halides is 3. The number of anilines is 1. The summed E-state index contributed by atoms with van der Waals surface area (Å²) in [5.74, 6) is -0.0216. The van der Waals surface area contributed by atoms with Crippen molar-refractivity contribution in [2.45, 2.75) is 57.3 Å². The van der Waals surface area contributed by atoms with Crippen LogP contribution in [0.25, 0.3) is 0 Å². The van der Waals surface area contributed by atoms with E-state index in [0.29, 0.717) is 30.8 Å². The molecule has 2 saturated carbocycles. The number of hydrogen-bond acceptors (Lipinski definition) is 5. The zero-order valence-corrected chi connectivity index (χ0v) is 20.2. The number of aromatic nitrogens is 2. The second-order valence-corrected chi connectivity index (χ2v) is 12.1. The molecule has 1 spiro atoms. The van der Waals surface area contributed by atoms with Crippen molar-refractivity contribution >= 4 is 15.8 Å². The van der Waals surface area contributed by atoms with Crippen LogP contribution in [-0.2, 0) is 29.2 Å². The highest BCUT2D eigenvalue weighted by molar-refractivity contribution is 7.88. The van der Waals surface area contributed by atoms with Gasteiger partial charge in [-0.15, -0.1) is 0 Å². The van der Waals surface area contributed by atoms with E-state index in [9.17, 15) is 21.6 Å². The summed E-state index contributed by atoms with van der Waals surface area (Å²) in [4.78, 5) is 10.3. The molecule has 190 valence electrons. The minimum Gasteiger partial charge on any atom is -0.347 e. The van der Waals surface area contributed by atoms with Gasteiger partial charge in [-0.25, -0.2) is 27.1 Å². The van der Waals surface area contributed by atoms with Crippen LogP contribution in [-0.4, -0.2) is 48.1 Å². The minimum atomic E-state index is -4.40. The Kier molecular flexibility index (Phi) is 6.06. The second-order valence-electron chi connectivity index (χ2n) is 10.1. The Labute approximate surface area is 202 Å². The first-order chi connectivity index (χ1) is 16.5. The molecule has 1 unspecified atom stereocenters. The van der Waals surface area contributed by atoms with Crippen LogP contribution in [0.3, 0.4) is 0 Å². The van der Waals surface area contributed by atoms with Crippen LogP contribution in [0.1, 0.15) is 48.9 Å². The average Bonchev–Trinajstić information content (AvgIpc) is 3.72. The van der Waals surface area contributed by atoms with Crippen LogP contribution in [0.2, 0.25) is 0 Å². The molecule has 1 atom stereocenters. The Morgan fingerprint density at radius 3 is 2.34 bits per heavy atom. The van der Waals surface area contributed by atoms with E-state index in [0.717, 1.165) is 44.2 Å². The van der Waals surface area contributed by atoms with Gasteiger partial charge in [-0.05, 0) is 67.6 Å². The Morgan fingerprint density at radius 1 is 1.11 bits per heavy atom. The second kappa shape index (κ2) is 8.69. The normalized spacial score (nSPS) is 22.4. The summed E-state index contributed by atoms with van der Waals surface area (Å²) in [5, 5.41) is 0. The number of benzene rings is 1. The highest BCUT2D eigenvalue weighted by atomic mass is 32.2. The number of piperidine rings is 1. The number of rotatable bonds is 7. The van der Waals surface area contributed by atoms with Gasteiger partial charge in [-0.3, -0.25) is 0 Å². The van der Waals surface area contributed by atoms with Gasteiger partial charge in [0.15, 0.2) is 11.6 Å². The lowest BCUT2D eigenvalue weighted by Gasteiger charge is -2.31. The van der Waals surface area contributed by atoms with E-state index in [1.54, 1.807) is 0 Å². The highest BCUT2D eigenvalue weighted by Crippen LogP contribution is 2.60. The largest absolute Gasteiger partial charge is 0.416 e. The fourth-order valence-corrected chi connectivity index (χ4v) is 6.17. The highest BCUT2D eigenvalue weighted by Gasteiger charge is 2.55. The Hall–Kier alpha value is -2.27. The lowest BCUT2D eigenvalue weighted by molar-refractivity contribution is -0.137. The quantitative estimate of drug-likeness (QED) is 0.515. The first-order valence-electron chi connectivity index (χ1n) is 11.8. The van der Waals surface area contributed by atoms with Crippen LogP contribution in [0.4, 0.5) is 23.4 Å². The summed E-state index contributed by atoms with van der Waals surface area (Å²) in [6, 6.07) is 5.04. The molecule has 1 aromatic heterocycles. The van der Waals surface area contributed by atoms with Crippen molar-refractivity contribution in [3.05, 3.63) is 53.2 Å². The molecular weight excluding hydrogens is 484 g/mol. The zero-order valence-electron chi connectivity index (χ0n) is 19.4. The molecule has 0 N–H and O–H groups in total. The van der Waals surface area contributed by atoms with Gasteiger partial charge in [0.1, 0.15) is 6.33 Å². The number of hydrogen-bond donors (Lipinski definition) is 0. The van der Waals surface area contributed by atoms with Gasteiger partial charge in [-0.1, -0.05) is 12.1 Å². The first-order valence-corrected chi connectivity index (χ1v) is 13.7. The molecule has 35 heavy (non-hydrogen) atoms. The Morgan fingerprint density at radius 2 is 1.77 bits per heavy atom. The van der Waals surface area contributed by atoms with Crippen molar-refractivity contribution in [1.29, 1.82) is 0 Å². The molecule has 1 aliphatic heterocycles. The third kappa shape index (κ3) is 5.16. The number of sulfonamides is 1. The average molecular weight is 513 g/mol. The molecule has 2 heterocycles. The maximum Gasteiger partial charge on any atom is 0.416 e. The molecule has 5 rings (SSSR count). The predicted molar refractivity (Wildman–Crippen MR) is 123 cm³/mol. The smallest absolute Gasteiger partial charge is 0.347 e. The van der Waals surface area contributed by atoms with Gasteiger partial charge in [-0.2, -0.15) is 13.2 Å². The van der Waals surface area contributed by atoms with Crippen LogP contribution >= 0.6 is 0 Å². The summed E-state index contributed by atoms with van der Waals surface area (Å²) in [5.41, 5.74) is 0.342. The summed E-state index contributed by atoms with van der Waals surface area (Å²) >= 11 is 0. The lowest BCUT2D eigenvalue weighted by atomic mass is 9.90. The summed E-state index contributed by atoms with van der Waals surface area (Å²) in [6.45, 7) is 1.26. The van der Waals surface area contributed by atoms with Gasteiger partial charge >= 0.3 is 6.18 Å². The van der Waals surface area contributed by atoms with E-state index in [1.165, 1.54) is 29.0 Å². The van der Waals surface area contributed by atoms with Crippen molar-refractivity contribution in [3.8, 4) is 0 Å². The molecule has 0 bridgehead atoms. The predicted octanol–water partition coefficient (Wildman–Crippen LogP) is 4.41. The van der Waals surface area contributed by atoms with Gasteiger partial charge in [0.25, 0.3) is 0 Å². The van der Waals surface area contributed by atoms with Gasteiger partial charge in [0.05, 0.1) is 17.5 Å². The summed E-state index contributed by atoms with van der Waals surface area (Å²) < 4.78 is 79.4. The van der Waals surface area contributed by atoms with E-state index in [4.69, 9.17) is 0 Å². The van der Waals surface area contributed by atoms with Crippen LogP contribution in [0.15, 0.2) is 30.6 Å². The van der Waals surface area contributed by atoms with Crippen molar-refractivity contribution in [1.82, 2.24) is 14.3 Å². The molecule has 2 aliphatic carbocycles. The van der Waals surface area contributed by atoms with Gasteiger partial charge < -0.3 is 4.90 Å². The van der Waals surface area contributed by atoms with Crippen molar-refractivity contribution in [2.24, 2.45) is 11.3 Å². The van der Waals surface area contributed by atoms with E-state index >= 15 is 4.39 Å². The van der Waals surface area contributed by atoms with Crippen LogP contribution in [0.5, 0.6) is 0 Å². The molecular formula is C24H28F4N4O2S. The molecule has 2 aromatic rings. The summed E-state index contributed by atoms with van der Waals surface area (Å²) in [6.07, 6.45) is 2.88. The topological polar surface area (TPSA) is 66.4 Å². The van der Waals surface area contributed by atoms with Crippen molar-refractivity contribution in [3.63, 3.8) is 0 Å². The molecule has 3 aliphatic rings. The van der Waals surface area contributed by atoms with Crippen molar-refractivity contribution < 1.29 is 26.0 Å². The van der Waals surface area contributed by atoms with E-state index in [-0.39, 0.29) is 29.7 Å². The summed E-state index contributed by atoms with van der Waals surface area (Å²) in [7, 11) is -3.19. The molecule has 0 radical (unpaired) electrons. The molecule has 11 heteroatoms. The van der Waals surface area contributed by atoms with E-state index in [1.807, 2.05) is 4.90 Å². The molecule has 1 aromatic carbocycles. The van der Waals surface area contributed by atoms with Gasteiger partial charge in [0.2, 0.25) is 10.0 Å². The molecule has 6 nitrogen and oxygen atoms in total. The third-order valence-electron chi connectivity index (χ3n) is 7.72. The third-order valence-corrected chi connectivity index (χ3v) is 9.03. The van der Waals surface area contributed by atoms with E-state index in [2.05, 4.69) is 9.97 Å². The first kappa shape index (κ1) is 24.4. The van der Waals surface area contributed by atoms with Crippen LogP contribution in [0, 0.1) is 17.2 Å². The standard InChI is InChI=1S/C24H28F4N4O2S/c1-35(33,34)31-10-8-23(9-11-31)13-18(23)12-20-21(25)22(30-15-29-20)32(19-6-7-19)14-16-2-4-17(5-3-16)24(26,27)28/h2-5,15,18-19H,6-14H2,1H3. The number of nitrogens with zero attached hydrogens (tertiary/aromatic N) is 4. The maximum atomic E-state index is 15.6. The van der Waals surface area contributed by atoms with E-state index < -0.39 is 27.6 Å². The fourth-order valence-electron chi connectivity index (χ4n) is 5.33. The molecule has 0 amide bonds. The molecule has 1 saturated heterocycles. The molecule has 3 fully saturated rings. The Balaban J connectivity index is 1.29. The van der Waals surface area contributed by atoms with Gasteiger partial charge in [0, 0.05) is 25.7 Å². The maximum absolute atomic E-state index is 15.6. The van der Waals surface area contributed by atoms with Crippen LogP contribution < -0.4 is 4.90 Å². The minimum absolute atomic E-state index is 0.0507. The van der Waals surface area contributed by atoms with Crippen molar-refractivity contribution in [2.75, 3.05) is 24.2 Å². The Bertz CT molecular complexity index is 1190. The fraction of sp³-hybridized carbons (Fsp3) is 0.583. The monoisotopic (exact) mass is 512 g/mol. The lowest BCUT2D eigenvalue weighted by Crippen LogP contribution is -2.39. The zero-order chi connectivity index (χ0) is 25.0. The SMILES string of the molecule is CS(=O)(=O)N1CCC2(CC1)CC2Cc1ncnc(N(Cc2ccc(C(F)(F)F)cc2)C2CC2)c1F.